The van der Waals surface area contributed by atoms with Gasteiger partial charge in [0.2, 0.25) is 0 Å². The zero-order valence-electron chi connectivity index (χ0n) is 11.9. The molecule has 2 rings (SSSR count). The molecular formula is C15H19NO5. The summed E-state index contributed by atoms with van der Waals surface area (Å²) in [4.78, 5) is 23.3. The summed E-state index contributed by atoms with van der Waals surface area (Å²) < 4.78 is 10.3. The van der Waals surface area contributed by atoms with E-state index in [4.69, 9.17) is 14.6 Å². The van der Waals surface area contributed by atoms with E-state index in [1.165, 1.54) is 0 Å². The summed E-state index contributed by atoms with van der Waals surface area (Å²) in [6.45, 7) is 1.09. The molecular weight excluding hydrogens is 274 g/mol. The smallest absolute Gasteiger partial charge is 0.326 e. The number of carbonyl (C=O) groups excluding carboxylic acids is 1. The van der Waals surface area contributed by atoms with Crippen LogP contribution in [0.3, 0.4) is 0 Å². The lowest BCUT2D eigenvalue weighted by atomic mass is 10.1. The summed E-state index contributed by atoms with van der Waals surface area (Å²) in [7, 11) is 1.56. The molecule has 1 amide bonds. The first kappa shape index (κ1) is 15.3. The second-order valence-electron chi connectivity index (χ2n) is 4.92. The lowest BCUT2D eigenvalue weighted by molar-refractivity contribution is -0.139. The molecule has 6 nitrogen and oxygen atoms in total. The zero-order valence-corrected chi connectivity index (χ0v) is 11.9. The molecule has 2 N–H and O–H groups in total. The Morgan fingerprint density at radius 1 is 1.48 bits per heavy atom. The average Bonchev–Trinajstić information content (AvgIpc) is 2.93. The standard InChI is InChI=1S/C15H19NO5/c1-20-7-2-3-12(15(18)19)16-14(17)11-4-5-13-10(9-11)6-8-21-13/h4-5,9,12H,2-3,6-8H2,1H3,(H,16,17)(H,18,19). The zero-order chi connectivity index (χ0) is 15.2. The molecule has 0 saturated carbocycles. The van der Waals surface area contributed by atoms with Crippen molar-refractivity contribution in [1.29, 1.82) is 0 Å². The monoisotopic (exact) mass is 293 g/mol. The number of hydrogen-bond donors (Lipinski definition) is 2. The first-order valence-electron chi connectivity index (χ1n) is 6.90. The van der Waals surface area contributed by atoms with E-state index in [0.717, 1.165) is 17.7 Å². The second kappa shape index (κ2) is 7.08. The number of rotatable bonds is 7. The van der Waals surface area contributed by atoms with Gasteiger partial charge in [-0.3, -0.25) is 4.79 Å². The number of methoxy groups -OCH3 is 1. The number of carboxylic acid groups (broad SMARTS) is 1. The minimum Gasteiger partial charge on any atom is -0.493 e. The normalized spacial score (nSPS) is 14.1. The van der Waals surface area contributed by atoms with Gasteiger partial charge in [0.05, 0.1) is 6.61 Å². The second-order valence-corrected chi connectivity index (χ2v) is 4.92. The number of carboxylic acids is 1. The highest BCUT2D eigenvalue weighted by atomic mass is 16.5. The highest BCUT2D eigenvalue weighted by Gasteiger charge is 2.21. The fourth-order valence-corrected chi connectivity index (χ4v) is 2.26. The largest absolute Gasteiger partial charge is 0.493 e. The van der Waals surface area contributed by atoms with Crippen LogP contribution in [0.2, 0.25) is 0 Å². The number of benzene rings is 1. The van der Waals surface area contributed by atoms with Gasteiger partial charge in [-0.15, -0.1) is 0 Å². The number of hydrogen-bond acceptors (Lipinski definition) is 4. The Kier molecular flexibility index (Phi) is 5.16. The van der Waals surface area contributed by atoms with Crippen molar-refractivity contribution >= 4 is 11.9 Å². The highest BCUT2D eigenvalue weighted by Crippen LogP contribution is 2.25. The topological polar surface area (TPSA) is 84.9 Å². The minimum absolute atomic E-state index is 0.336. The summed E-state index contributed by atoms with van der Waals surface area (Å²) in [6.07, 6.45) is 1.68. The fourth-order valence-electron chi connectivity index (χ4n) is 2.26. The Labute approximate surface area is 123 Å². The molecule has 0 aliphatic carbocycles. The predicted octanol–water partition coefficient (Wildman–Crippen LogP) is 1.23. The van der Waals surface area contributed by atoms with Crippen molar-refractivity contribution in [3.05, 3.63) is 29.3 Å². The number of nitrogens with one attached hydrogen (secondary N) is 1. The Bertz CT molecular complexity index is 529. The lowest BCUT2D eigenvalue weighted by Crippen LogP contribution is -2.40. The first-order chi connectivity index (χ1) is 10.1. The van der Waals surface area contributed by atoms with E-state index in [1.54, 1.807) is 25.3 Å². The Morgan fingerprint density at radius 3 is 3.00 bits per heavy atom. The van der Waals surface area contributed by atoms with Crippen LogP contribution in [-0.2, 0) is 16.0 Å². The van der Waals surface area contributed by atoms with E-state index >= 15 is 0 Å². The van der Waals surface area contributed by atoms with Crippen molar-refractivity contribution in [1.82, 2.24) is 5.32 Å². The van der Waals surface area contributed by atoms with Crippen LogP contribution in [0.15, 0.2) is 18.2 Å². The molecule has 114 valence electrons. The molecule has 21 heavy (non-hydrogen) atoms. The Morgan fingerprint density at radius 2 is 2.29 bits per heavy atom. The van der Waals surface area contributed by atoms with Crippen LogP contribution in [0.25, 0.3) is 0 Å². The molecule has 0 fully saturated rings. The van der Waals surface area contributed by atoms with Crippen LogP contribution in [0.4, 0.5) is 0 Å². The van der Waals surface area contributed by atoms with Crippen LogP contribution < -0.4 is 10.1 Å². The van der Waals surface area contributed by atoms with E-state index in [-0.39, 0.29) is 5.91 Å². The van der Waals surface area contributed by atoms with Crippen LogP contribution in [0.1, 0.15) is 28.8 Å². The van der Waals surface area contributed by atoms with Gasteiger partial charge < -0.3 is 19.9 Å². The van der Waals surface area contributed by atoms with E-state index in [1.807, 2.05) is 0 Å². The lowest BCUT2D eigenvalue weighted by Gasteiger charge is -2.14. The number of carbonyl (C=O) groups is 2. The van der Waals surface area contributed by atoms with Crippen molar-refractivity contribution < 1.29 is 24.2 Å². The Hall–Kier alpha value is -2.08. The van der Waals surface area contributed by atoms with Crippen molar-refractivity contribution in [3.8, 4) is 5.75 Å². The van der Waals surface area contributed by atoms with E-state index in [9.17, 15) is 9.59 Å². The molecule has 0 bridgehead atoms. The molecule has 0 radical (unpaired) electrons. The Balaban J connectivity index is 1.99. The summed E-state index contributed by atoms with van der Waals surface area (Å²) in [5, 5.41) is 11.7. The predicted molar refractivity (Wildman–Crippen MR) is 75.6 cm³/mol. The number of amides is 1. The average molecular weight is 293 g/mol. The van der Waals surface area contributed by atoms with Crippen LogP contribution in [-0.4, -0.2) is 43.3 Å². The summed E-state index contributed by atoms with van der Waals surface area (Å²) >= 11 is 0. The summed E-state index contributed by atoms with van der Waals surface area (Å²) in [6, 6.07) is 4.24. The van der Waals surface area contributed by atoms with Crippen LogP contribution in [0, 0.1) is 0 Å². The van der Waals surface area contributed by atoms with Gasteiger partial charge in [0.1, 0.15) is 11.8 Å². The minimum atomic E-state index is -1.04. The highest BCUT2D eigenvalue weighted by molar-refractivity contribution is 5.96. The van der Waals surface area contributed by atoms with Crippen molar-refractivity contribution in [2.45, 2.75) is 25.3 Å². The SMILES string of the molecule is COCCCC(NC(=O)c1ccc2c(c1)CCO2)C(=O)O. The molecule has 6 heteroatoms. The molecule has 0 saturated heterocycles. The third kappa shape index (κ3) is 3.95. The fraction of sp³-hybridized carbons (Fsp3) is 0.467. The first-order valence-corrected chi connectivity index (χ1v) is 6.90. The third-order valence-electron chi connectivity index (χ3n) is 3.40. The van der Waals surface area contributed by atoms with Crippen molar-refractivity contribution in [2.24, 2.45) is 0 Å². The molecule has 1 aromatic rings. The van der Waals surface area contributed by atoms with E-state index < -0.39 is 12.0 Å². The van der Waals surface area contributed by atoms with Crippen molar-refractivity contribution in [2.75, 3.05) is 20.3 Å². The molecule has 1 aliphatic heterocycles. The summed E-state index contributed by atoms with van der Waals surface area (Å²) in [5.74, 6) is -0.625. The van der Waals surface area contributed by atoms with Gasteiger partial charge in [-0.05, 0) is 36.6 Å². The van der Waals surface area contributed by atoms with Gasteiger partial charge in [-0.1, -0.05) is 0 Å². The molecule has 1 aliphatic rings. The van der Waals surface area contributed by atoms with Gasteiger partial charge in [0.15, 0.2) is 0 Å². The van der Waals surface area contributed by atoms with Crippen molar-refractivity contribution in [3.63, 3.8) is 0 Å². The van der Waals surface area contributed by atoms with E-state index in [0.29, 0.717) is 31.6 Å². The molecule has 1 unspecified atom stereocenters. The number of aliphatic carboxylic acids is 1. The molecule has 1 aromatic carbocycles. The van der Waals surface area contributed by atoms with Gasteiger partial charge >= 0.3 is 5.97 Å². The number of ether oxygens (including phenoxy) is 2. The van der Waals surface area contributed by atoms with Gasteiger partial charge in [0.25, 0.3) is 5.91 Å². The maximum absolute atomic E-state index is 12.1. The van der Waals surface area contributed by atoms with Gasteiger partial charge in [0, 0.05) is 25.7 Å². The molecule has 1 heterocycles. The maximum Gasteiger partial charge on any atom is 0.326 e. The van der Waals surface area contributed by atoms with E-state index in [2.05, 4.69) is 5.32 Å². The molecule has 1 atom stereocenters. The van der Waals surface area contributed by atoms with Crippen LogP contribution >= 0.6 is 0 Å². The quantitative estimate of drug-likeness (QED) is 0.739. The molecule has 0 aromatic heterocycles. The third-order valence-corrected chi connectivity index (χ3v) is 3.40. The number of fused-ring (bicyclic) bond motifs is 1. The summed E-state index contributed by atoms with van der Waals surface area (Å²) in [5.41, 5.74) is 1.44. The van der Waals surface area contributed by atoms with Crippen LogP contribution in [0.5, 0.6) is 5.75 Å². The van der Waals surface area contributed by atoms with Gasteiger partial charge in [-0.25, -0.2) is 4.79 Å². The molecule has 0 spiro atoms. The maximum atomic E-state index is 12.1. The van der Waals surface area contributed by atoms with Gasteiger partial charge in [-0.2, -0.15) is 0 Å².